The maximum Gasteiger partial charge on any atom is 1.00 e. The van der Waals surface area contributed by atoms with Gasteiger partial charge in [-0.25, -0.2) is 0 Å². The van der Waals surface area contributed by atoms with Gasteiger partial charge in [0.05, 0.1) is 13.2 Å². The van der Waals surface area contributed by atoms with Crippen molar-refractivity contribution in [1.29, 1.82) is 0 Å². The maximum absolute atomic E-state index is 6.57. The summed E-state index contributed by atoms with van der Waals surface area (Å²) in [7, 11) is 0. The molecule has 1 aliphatic rings. The van der Waals surface area contributed by atoms with Crippen LogP contribution in [0.4, 0.5) is 0 Å². The molecular weight excluding hydrogens is 131 g/mol. The van der Waals surface area contributed by atoms with E-state index in [1.54, 1.807) is 0 Å². The Hall–Kier alpha value is -0.403. The van der Waals surface area contributed by atoms with Gasteiger partial charge in [-0.15, -0.1) is 0 Å². The van der Waals surface area contributed by atoms with E-state index in [1.165, 1.54) is 0 Å². The Morgan fingerprint density at radius 2 is 2.00 bits per heavy atom. The molecule has 0 spiro atoms. The molecule has 1 nitrogen and oxygen atoms in total. The van der Waals surface area contributed by atoms with E-state index in [0.29, 0.717) is 19.1 Å². The number of allylic oxidation sites excluding steroid dienone is 2. The molecule has 0 bridgehead atoms. The third kappa shape index (κ3) is 4.12. The molecule has 0 saturated carbocycles. The largest absolute Gasteiger partial charge is 1.00 e. The first-order chi connectivity index (χ1) is 4.93. The van der Waals surface area contributed by atoms with Crippen molar-refractivity contribution >= 4 is 0 Å². The number of hydrogen-bond acceptors (Lipinski definition) is 1. The predicted octanol–water partition coefficient (Wildman–Crippen LogP) is -1.66. The summed E-state index contributed by atoms with van der Waals surface area (Å²) in [5, 5.41) is 0. The molecule has 2 heteroatoms. The summed E-state index contributed by atoms with van der Waals surface area (Å²) in [5.41, 5.74) is 0. The third-order valence-corrected chi connectivity index (χ3v) is 1.31. The van der Waals surface area contributed by atoms with Gasteiger partial charge in [-0.2, -0.15) is 0 Å². The molecule has 0 radical (unpaired) electrons. The SMILES string of the molecule is [C-]#CCOCC1C=CC=C1.[Li+]. The van der Waals surface area contributed by atoms with Crippen molar-refractivity contribution in [3.8, 4) is 5.92 Å². The second-order valence-electron chi connectivity index (χ2n) is 2.13. The zero-order chi connectivity index (χ0) is 7.23. The van der Waals surface area contributed by atoms with E-state index < -0.39 is 0 Å². The molecule has 0 aromatic heterocycles. The van der Waals surface area contributed by atoms with E-state index in [-0.39, 0.29) is 18.9 Å². The van der Waals surface area contributed by atoms with E-state index in [9.17, 15) is 0 Å². The normalized spacial score (nSPS) is 14.5. The van der Waals surface area contributed by atoms with E-state index in [1.807, 2.05) is 12.2 Å². The van der Waals surface area contributed by atoms with Gasteiger partial charge >= 0.3 is 18.9 Å². The Morgan fingerprint density at radius 3 is 2.55 bits per heavy atom. The third-order valence-electron chi connectivity index (χ3n) is 1.31. The van der Waals surface area contributed by atoms with Gasteiger partial charge in [-0.1, -0.05) is 24.3 Å². The molecule has 0 heterocycles. The Labute approximate surface area is 79.7 Å². The van der Waals surface area contributed by atoms with Gasteiger partial charge in [-0.3, -0.25) is 0 Å². The molecule has 0 unspecified atom stereocenters. The number of ether oxygens (including phenoxy) is 1. The molecule has 0 N–H and O–H groups in total. The summed E-state index contributed by atoms with van der Waals surface area (Å²) in [6.07, 6.45) is 14.7. The molecule has 0 aliphatic heterocycles. The molecular formula is C9H9LiO. The van der Waals surface area contributed by atoms with Crippen LogP contribution in [0.15, 0.2) is 24.3 Å². The average molecular weight is 140 g/mol. The maximum atomic E-state index is 6.57. The fraction of sp³-hybridized carbons (Fsp3) is 0.333. The minimum Gasteiger partial charge on any atom is -0.691 e. The van der Waals surface area contributed by atoms with Crippen LogP contribution < -0.4 is 18.9 Å². The van der Waals surface area contributed by atoms with Crippen LogP contribution in [0.25, 0.3) is 0 Å². The van der Waals surface area contributed by atoms with E-state index in [0.717, 1.165) is 0 Å². The first kappa shape index (κ1) is 10.6. The quantitative estimate of drug-likeness (QED) is 0.197. The topological polar surface area (TPSA) is 9.23 Å². The van der Waals surface area contributed by atoms with Gasteiger partial charge < -0.3 is 17.1 Å². The smallest absolute Gasteiger partial charge is 0.691 e. The molecule has 1 rings (SSSR count). The van der Waals surface area contributed by atoms with Crippen molar-refractivity contribution in [2.24, 2.45) is 5.92 Å². The summed E-state index contributed by atoms with van der Waals surface area (Å²) < 4.78 is 5.07. The van der Waals surface area contributed by atoms with Crippen molar-refractivity contribution in [2.45, 2.75) is 0 Å². The van der Waals surface area contributed by atoms with Gasteiger partial charge in [0.15, 0.2) is 0 Å². The van der Waals surface area contributed by atoms with Crippen molar-refractivity contribution in [3.05, 3.63) is 30.7 Å². The Morgan fingerprint density at radius 1 is 1.36 bits per heavy atom. The fourth-order valence-electron chi connectivity index (χ4n) is 0.835. The first-order valence-electron chi connectivity index (χ1n) is 3.26. The molecule has 0 aromatic carbocycles. The average Bonchev–Trinajstić information content (AvgIpc) is 2.41. The van der Waals surface area contributed by atoms with Crippen LogP contribution >= 0.6 is 0 Å². The van der Waals surface area contributed by atoms with Crippen molar-refractivity contribution < 1.29 is 23.6 Å². The molecule has 11 heavy (non-hydrogen) atoms. The number of rotatable bonds is 3. The standard InChI is InChI=1S/C9H9O.Li/c1-2-7-10-8-9-5-3-4-6-9;/h3-6,9H,7-8H2;/q-1;+1. The van der Waals surface area contributed by atoms with E-state index in [4.69, 9.17) is 11.2 Å². The van der Waals surface area contributed by atoms with Crippen molar-refractivity contribution in [2.75, 3.05) is 13.2 Å². The minimum absolute atomic E-state index is 0. The minimum atomic E-state index is 0. The first-order valence-corrected chi connectivity index (χ1v) is 3.26. The fourth-order valence-corrected chi connectivity index (χ4v) is 0.835. The van der Waals surface area contributed by atoms with Gasteiger partial charge in [-0.05, 0) is 0 Å². The molecule has 1 aliphatic carbocycles. The zero-order valence-corrected chi connectivity index (χ0v) is 6.71. The molecule has 0 fully saturated rings. The molecule has 0 saturated heterocycles. The predicted molar refractivity (Wildman–Crippen MR) is 39.7 cm³/mol. The molecule has 0 amide bonds. The van der Waals surface area contributed by atoms with Crippen LogP contribution in [-0.4, -0.2) is 13.2 Å². The van der Waals surface area contributed by atoms with Crippen molar-refractivity contribution in [3.63, 3.8) is 0 Å². The molecule has 52 valence electrons. The Balaban J connectivity index is 0.000001000. The Bertz CT molecular complexity index is 176. The van der Waals surface area contributed by atoms with Gasteiger partial charge in [0.1, 0.15) is 0 Å². The van der Waals surface area contributed by atoms with E-state index >= 15 is 0 Å². The van der Waals surface area contributed by atoms with Crippen LogP contribution in [0.2, 0.25) is 0 Å². The van der Waals surface area contributed by atoms with Crippen LogP contribution in [0, 0.1) is 18.3 Å². The second-order valence-corrected chi connectivity index (χ2v) is 2.13. The van der Waals surface area contributed by atoms with Crippen LogP contribution in [0.5, 0.6) is 0 Å². The van der Waals surface area contributed by atoms with Gasteiger partial charge in [0.25, 0.3) is 0 Å². The summed E-state index contributed by atoms with van der Waals surface area (Å²) in [5.74, 6) is 2.58. The van der Waals surface area contributed by atoms with E-state index in [2.05, 4.69) is 18.1 Å². The van der Waals surface area contributed by atoms with Crippen LogP contribution in [-0.2, 0) is 4.74 Å². The van der Waals surface area contributed by atoms with Crippen LogP contribution in [0.3, 0.4) is 0 Å². The molecule has 0 aromatic rings. The van der Waals surface area contributed by atoms with Crippen LogP contribution in [0.1, 0.15) is 0 Å². The second kappa shape index (κ2) is 6.32. The van der Waals surface area contributed by atoms with Gasteiger partial charge in [0.2, 0.25) is 0 Å². The summed E-state index contributed by atoms with van der Waals surface area (Å²) in [6.45, 7) is 0.969. The molecule has 0 atom stereocenters. The van der Waals surface area contributed by atoms with Crippen molar-refractivity contribution in [1.82, 2.24) is 0 Å². The van der Waals surface area contributed by atoms with Gasteiger partial charge in [0, 0.05) is 5.92 Å². The summed E-state index contributed by atoms with van der Waals surface area (Å²) >= 11 is 0. The summed E-state index contributed by atoms with van der Waals surface area (Å²) in [4.78, 5) is 0. The zero-order valence-electron chi connectivity index (χ0n) is 6.71. The number of hydrogen-bond donors (Lipinski definition) is 0. The monoisotopic (exact) mass is 140 g/mol. The Kier molecular flexibility index (Phi) is 6.09. The summed E-state index contributed by atoms with van der Waals surface area (Å²) in [6, 6.07) is 0.